The van der Waals surface area contributed by atoms with Crippen LogP contribution in [0.5, 0.6) is 0 Å². The summed E-state index contributed by atoms with van der Waals surface area (Å²) in [5.74, 6) is -1.47. The Balaban J connectivity index is 2.34. The van der Waals surface area contributed by atoms with E-state index in [9.17, 15) is 17.6 Å². The molecule has 2 atom stereocenters. The maximum absolute atomic E-state index is 13.3. The molecule has 0 fully saturated rings. The van der Waals surface area contributed by atoms with E-state index in [1.54, 1.807) is 0 Å². The lowest BCUT2D eigenvalue weighted by Crippen LogP contribution is -2.19. The molecule has 21 heavy (non-hydrogen) atoms. The fraction of sp³-hybridized carbons (Fsp3) is 0.250. The monoisotopic (exact) mass is 297 g/mol. The van der Waals surface area contributed by atoms with Crippen LogP contribution in [0.15, 0.2) is 48.5 Å². The first-order valence-corrected chi connectivity index (χ1v) is 6.48. The van der Waals surface area contributed by atoms with E-state index in [0.29, 0.717) is 0 Å². The van der Waals surface area contributed by atoms with Crippen LogP contribution in [0.4, 0.5) is 17.6 Å². The summed E-state index contributed by atoms with van der Waals surface area (Å²) < 4.78 is 51.5. The van der Waals surface area contributed by atoms with Gasteiger partial charge in [-0.2, -0.15) is 13.2 Å². The Morgan fingerprint density at radius 3 is 2.14 bits per heavy atom. The van der Waals surface area contributed by atoms with Crippen molar-refractivity contribution in [1.82, 2.24) is 0 Å². The van der Waals surface area contributed by atoms with Crippen LogP contribution < -0.4 is 5.73 Å². The molecular formula is C16H15F4N. The number of hydrogen-bond donors (Lipinski definition) is 1. The fourth-order valence-corrected chi connectivity index (χ4v) is 2.22. The van der Waals surface area contributed by atoms with E-state index < -0.39 is 23.6 Å². The molecule has 0 heterocycles. The van der Waals surface area contributed by atoms with E-state index in [1.807, 2.05) is 37.3 Å². The van der Waals surface area contributed by atoms with Gasteiger partial charge in [-0.05, 0) is 23.3 Å². The summed E-state index contributed by atoms with van der Waals surface area (Å²) in [6, 6.07) is 11.5. The third kappa shape index (κ3) is 3.42. The Morgan fingerprint density at radius 2 is 1.57 bits per heavy atom. The molecule has 0 aliphatic heterocycles. The minimum absolute atomic E-state index is 0.183. The number of alkyl halides is 3. The highest BCUT2D eigenvalue weighted by Crippen LogP contribution is 2.35. The van der Waals surface area contributed by atoms with Crippen molar-refractivity contribution in [3.8, 4) is 0 Å². The zero-order valence-corrected chi connectivity index (χ0v) is 11.4. The molecule has 0 saturated heterocycles. The maximum atomic E-state index is 13.3. The Hall–Kier alpha value is -1.88. The van der Waals surface area contributed by atoms with Crippen molar-refractivity contribution in [3.05, 3.63) is 71.0 Å². The highest BCUT2D eigenvalue weighted by molar-refractivity contribution is 5.32. The normalized spacial score (nSPS) is 14.8. The number of halogens is 4. The van der Waals surface area contributed by atoms with Crippen LogP contribution in [0.1, 0.15) is 35.6 Å². The van der Waals surface area contributed by atoms with Gasteiger partial charge in [0.15, 0.2) is 0 Å². The highest BCUT2D eigenvalue weighted by atomic mass is 19.4. The van der Waals surface area contributed by atoms with Crippen molar-refractivity contribution in [3.63, 3.8) is 0 Å². The van der Waals surface area contributed by atoms with Gasteiger partial charge in [-0.15, -0.1) is 0 Å². The summed E-state index contributed by atoms with van der Waals surface area (Å²) in [6.07, 6.45) is -4.73. The molecule has 1 nitrogen and oxygen atoms in total. The van der Waals surface area contributed by atoms with Crippen molar-refractivity contribution in [2.75, 3.05) is 0 Å². The zero-order valence-electron chi connectivity index (χ0n) is 11.4. The molecule has 112 valence electrons. The molecule has 0 bridgehead atoms. The van der Waals surface area contributed by atoms with E-state index in [2.05, 4.69) is 0 Å². The molecule has 0 radical (unpaired) electrons. The molecule has 2 N–H and O–H groups in total. The largest absolute Gasteiger partial charge is 0.419 e. The average Bonchev–Trinajstić information content (AvgIpc) is 2.46. The number of nitrogens with two attached hydrogens (primary N) is 1. The molecule has 5 heteroatoms. The molecule has 0 aromatic heterocycles. The minimum Gasteiger partial charge on any atom is -0.323 e. The third-order valence-electron chi connectivity index (χ3n) is 3.54. The standard InChI is InChI=1S/C16H15F4N/c1-10(11-5-3-2-4-6-11)15(21)12-7-8-14(17)13(9-12)16(18,19)20/h2-10,15H,21H2,1H3. The van der Waals surface area contributed by atoms with Gasteiger partial charge in [-0.25, -0.2) is 4.39 Å². The second-order valence-corrected chi connectivity index (χ2v) is 4.96. The zero-order chi connectivity index (χ0) is 15.6. The van der Waals surface area contributed by atoms with Gasteiger partial charge in [-0.1, -0.05) is 43.3 Å². The van der Waals surface area contributed by atoms with Gasteiger partial charge >= 0.3 is 6.18 Å². The summed E-state index contributed by atoms with van der Waals surface area (Å²) in [6.45, 7) is 1.83. The van der Waals surface area contributed by atoms with Gasteiger partial charge in [0.2, 0.25) is 0 Å². The Morgan fingerprint density at radius 1 is 0.952 bits per heavy atom. The number of hydrogen-bond acceptors (Lipinski definition) is 1. The van der Waals surface area contributed by atoms with E-state index in [4.69, 9.17) is 5.73 Å². The van der Waals surface area contributed by atoms with Gasteiger partial charge in [0, 0.05) is 12.0 Å². The quantitative estimate of drug-likeness (QED) is 0.820. The van der Waals surface area contributed by atoms with E-state index in [-0.39, 0.29) is 11.5 Å². The molecule has 2 aromatic carbocycles. The van der Waals surface area contributed by atoms with Crippen molar-refractivity contribution in [2.45, 2.75) is 25.1 Å². The Kier molecular flexibility index (Phi) is 4.32. The summed E-state index contributed by atoms with van der Waals surface area (Å²) >= 11 is 0. The summed E-state index contributed by atoms with van der Waals surface area (Å²) in [5.41, 5.74) is 5.94. The molecule has 2 rings (SSSR count). The lowest BCUT2D eigenvalue weighted by molar-refractivity contribution is -0.140. The van der Waals surface area contributed by atoms with Crippen LogP contribution in [-0.4, -0.2) is 0 Å². The Bertz CT molecular complexity index is 607. The second kappa shape index (κ2) is 5.85. The second-order valence-electron chi connectivity index (χ2n) is 4.96. The smallest absolute Gasteiger partial charge is 0.323 e. The SMILES string of the molecule is CC(c1ccccc1)C(N)c1ccc(F)c(C(F)(F)F)c1. The van der Waals surface area contributed by atoms with Gasteiger partial charge in [0.25, 0.3) is 0 Å². The van der Waals surface area contributed by atoms with Crippen molar-refractivity contribution >= 4 is 0 Å². The van der Waals surface area contributed by atoms with Gasteiger partial charge < -0.3 is 5.73 Å². The number of rotatable bonds is 3. The van der Waals surface area contributed by atoms with Gasteiger partial charge in [-0.3, -0.25) is 0 Å². The average molecular weight is 297 g/mol. The van der Waals surface area contributed by atoms with Crippen LogP contribution in [0.3, 0.4) is 0 Å². The molecule has 0 saturated carbocycles. The molecule has 2 aromatic rings. The molecule has 0 aliphatic carbocycles. The molecule has 2 unspecified atom stereocenters. The predicted molar refractivity (Wildman–Crippen MR) is 73.2 cm³/mol. The first kappa shape index (κ1) is 15.5. The summed E-state index contributed by atoms with van der Waals surface area (Å²) in [7, 11) is 0. The number of benzene rings is 2. The topological polar surface area (TPSA) is 26.0 Å². The molecule has 0 spiro atoms. The lowest BCUT2D eigenvalue weighted by atomic mass is 9.88. The van der Waals surface area contributed by atoms with Crippen molar-refractivity contribution in [2.24, 2.45) is 5.73 Å². The van der Waals surface area contributed by atoms with Crippen LogP contribution in [0, 0.1) is 5.82 Å². The minimum atomic E-state index is -4.73. The summed E-state index contributed by atoms with van der Waals surface area (Å²) in [4.78, 5) is 0. The van der Waals surface area contributed by atoms with Crippen molar-refractivity contribution < 1.29 is 17.6 Å². The molecular weight excluding hydrogens is 282 g/mol. The van der Waals surface area contributed by atoms with Crippen LogP contribution in [-0.2, 0) is 6.18 Å². The van der Waals surface area contributed by atoms with E-state index in [0.717, 1.165) is 17.7 Å². The highest BCUT2D eigenvalue weighted by Gasteiger charge is 2.34. The van der Waals surface area contributed by atoms with Crippen LogP contribution >= 0.6 is 0 Å². The molecule has 0 amide bonds. The fourth-order valence-electron chi connectivity index (χ4n) is 2.22. The molecule has 0 aliphatic rings. The first-order valence-electron chi connectivity index (χ1n) is 6.48. The van der Waals surface area contributed by atoms with Gasteiger partial charge in [0.05, 0.1) is 5.56 Å². The Labute approximate surface area is 120 Å². The van der Waals surface area contributed by atoms with E-state index in [1.165, 1.54) is 6.07 Å². The lowest BCUT2D eigenvalue weighted by Gasteiger charge is -2.22. The van der Waals surface area contributed by atoms with Crippen LogP contribution in [0.2, 0.25) is 0 Å². The third-order valence-corrected chi connectivity index (χ3v) is 3.54. The van der Waals surface area contributed by atoms with Gasteiger partial charge in [0.1, 0.15) is 5.82 Å². The van der Waals surface area contributed by atoms with Crippen LogP contribution in [0.25, 0.3) is 0 Å². The predicted octanol–water partition coefficient (Wildman–Crippen LogP) is 4.65. The van der Waals surface area contributed by atoms with E-state index >= 15 is 0 Å². The van der Waals surface area contributed by atoms with Crippen molar-refractivity contribution in [1.29, 1.82) is 0 Å². The first-order chi connectivity index (χ1) is 9.80. The maximum Gasteiger partial charge on any atom is 0.419 e. The summed E-state index contributed by atoms with van der Waals surface area (Å²) in [5, 5.41) is 0.